The molecule has 1 heterocycles. The van der Waals surface area contributed by atoms with Gasteiger partial charge in [0.05, 0.1) is 17.1 Å². The second-order valence-electron chi connectivity index (χ2n) is 8.39. The fraction of sp³-hybridized carbons (Fsp3) is 0.333. The van der Waals surface area contributed by atoms with Crippen molar-refractivity contribution in [1.29, 1.82) is 0 Å². The van der Waals surface area contributed by atoms with E-state index in [0.29, 0.717) is 12.2 Å². The Morgan fingerprint density at radius 3 is 2.38 bits per heavy atom. The molecule has 152 valence electrons. The average Bonchev–Trinajstić information content (AvgIpc) is 2.92. The van der Waals surface area contributed by atoms with E-state index < -0.39 is 0 Å². The van der Waals surface area contributed by atoms with Gasteiger partial charge in [0, 0.05) is 12.6 Å². The van der Waals surface area contributed by atoms with E-state index in [2.05, 4.69) is 43.3 Å². The van der Waals surface area contributed by atoms with E-state index in [9.17, 15) is 4.79 Å². The number of rotatable bonds is 5. The van der Waals surface area contributed by atoms with E-state index in [0.717, 1.165) is 28.4 Å². The molecule has 0 aliphatic carbocycles. The first-order chi connectivity index (χ1) is 13.6. The summed E-state index contributed by atoms with van der Waals surface area (Å²) < 4.78 is 7.67. The van der Waals surface area contributed by atoms with Gasteiger partial charge in [0.25, 0.3) is 5.91 Å². The highest BCUT2D eigenvalue weighted by Gasteiger charge is 2.15. The quantitative estimate of drug-likeness (QED) is 0.653. The Hall–Kier alpha value is -3.08. The molecule has 29 heavy (non-hydrogen) atoms. The molecule has 1 amide bonds. The zero-order chi connectivity index (χ0) is 21.2. The van der Waals surface area contributed by atoms with Gasteiger partial charge in [-0.25, -0.2) is 0 Å². The molecule has 5 heteroatoms. The first-order valence-corrected chi connectivity index (χ1v) is 9.79. The van der Waals surface area contributed by atoms with Crippen molar-refractivity contribution in [3.8, 4) is 5.75 Å². The summed E-state index contributed by atoms with van der Waals surface area (Å²) in [6, 6.07) is 15.7. The molecule has 1 aromatic heterocycles. The van der Waals surface area contributed by atoms with Crippen molar-refractivity contribution in [2.24, 2.45) is 7.05 Å². The van der Waals surface area contributed by atoms with Crippen LogP contribution in [0.3, 0.4) is 0 Å². The second-order valence-corrected chi connectivity index (χ2v) is 8.39. The molecule has 3 aromatic rings. The zero-order valence-corrected chi connectivity index (χ0v) is 18.0. The van der Waals surface area contributed by atoms with Gasteiger partial charge in [0.1, 0.15) is 12.4 Å². The number of hydrogen-bond donors (Lipinski definition) is 1. The third-order valence-electron chi connectivity index (χ3n) is 5.06. The van der Waals surface area contributed by atoms with Crippen LogP contribution in [-0.4, -0.2) is 15.7 Å². The summed E-state index contributed by atoms with van der Waals surface area (Å²) in [7, 11) is 1.87. The van der Waals surface area contributed by atoms with Gasteiger partial charge in [-0.05, 0) is 54.7 Å². The number of nitrogens with zero attached hydrogens (tertiary/aromatic N) is 2. The van der Waals surface area contributed by atoms with E-state index >= 15 is 0 Å². The number of ether oxygens (including phenoxy) is 1. The highest BCUT2D eigenvalue weighted by atomic mass is 16.5. The molecule has 0 saturated heterocycles. The maximum Gasteiger partial charge on any atom is 0.255 e. The average molecular weight is 392 g/mol. The molecule has 1 N–H and O–H groups in total. The minimum atomic E-state index is -0.152. The topological polar surface area (TPSA) is 56.2 Å². The highest BCUT2D eigenvalue weighted by Crippen LogP contribution is 2.25. The fourth-order valence-electron chi connectivity index (χ4n) is 3.16. The normalized spacial score (nSPS) is 11.4. The van der Waals surface area contributed by atoms with Crippen molar-refractivity contribution in [2.75, 3.05) is 5.32 Å². The van der Waals surface area contributed by atoms with Crippen LogP contribution in [0.1, 0.15) is 53.6 Å². The molecule has 0 aliphatic heterocycles. The Morgan fingerprint density at radius 2 is 1.79 bits per heavy atom. The number of amides is 1. The molecular weight excluding hydrogens is 362 g/mol. The third-order valence-corrected chi connectivity index (χ3v) is 5.06. The number of hydrogen-bond acceptors (Lipinski definition) is 3. The summed E-state index contributed by atoms with van der Waals surface area (Å²) in [5, 5.41) is 7.31. The van der Waals surface area contributed by atoms with Gasteiger partial charge in [0.2, 0.25) is 0 Å². The van der Waals surface area contributed by atoms with Crippen molar-refractivity contribution < 1.29 is 9.53 Å². The second kappa shape index (κ2) is 8.11. The number of carbonyl (C=O) groups is 1. The maximum atomic E-state index is 12.7. The lowest BCUT2D eigenvalue weighted by atomic mass is 9.87. The molecule has 0 fully saturated rings. The van der Waals surface area contributed by atoms with Crippen LogP contribution in [0.15, 0.2) is 48.5 Å². The Morgan fingerprint density at radius 1 is 1.10 bits per heavy atom. The first kappa shape index (κ1) is 20.6. The van der Waals surface area contributed by atoms with Crippen LogP contribution in [0.4, 0.5) is 5.69 Å². The van der Waals surface area contributed by atoms with Crippen LogP contribution < -0.4 is 10.1 Å². The van der Waals surface area contributed by atoms with Gasteiger partial charge < -0.3 is 10.1 Å². The van der Waals surface area contributed by atoms with E-state index in [1.165, 1.54) is 5.56 Å². The molecule has 2 aromatic carbocycles. The Balaban J connectivity index is 1.67. The molecule has 0 unspecified atom stereocenters. The summed E-state index contributed by atoms with van der Waals surface area (Å²) >= 11 is 0. The van der Waals surface area contributed by atoms with Crippen LogP contribution in [-0.2, 0) is 19.1 Å². The zero-order valence-electron chi connectivity index (χ0n) is 18.0. The van der Waals surface area contributed by atoms with E-state index in [4.69, 9.17) is 4.74 Å². The number of nitrogens with one attached hydrogen (secondary N) is 1. The lowest BCUT2D eigenvalue weighted by Gasteiger charge is -2.19. The SMILES string of the molecule is Cc1nn(C)c(C)c1NC(=O)c1cccc(COc2ccc(C(C)(C)C)cc2)c1. The monoisotopic (exact) mass is 391 g/mol. The van der Waals surface area contributed by atoms with Crippen LogP contribution in [0, 0.1) is 13.8 Å². The summed E-state index contributed by atoms with van der Waals surface area (Å²) in [6.45, 7) is 10.8. The largest absolute Gasteiger partial charge is 0.489 e. The number of aromatic nitrogens is 2. The predicted molar refractivity (Wildman–Crippen MR) is 117 cm³/mol. The van der Waals surface area contributed by atoms with Crippen molar-refractivity contribution in [1.82, 2.24) is 9.78 Å². The number of anilines is 1. The smallest absolute Gasteiger partial charge is 0.255 e. The molecule has 0 saturated carbocycles. The van der Waals surface area contributed by atoms with Crippen molar-refractivity contribution in [3.05, 3.63) is 76.6 Å². The van der Waals surface area contributed by atoms with Crippen LogP contribution in [0.25, 0.3) is 0 Å². The standard InChI is InChI=1S/C24H29N3O2/c1-16-22(17(2)27(6)26-16)25-23(28)19-9-7-8-18(14-19)15-29-21-12-10-20(11-13-21)24(3,4)5/h7-14H,15H2,1-6H3,(H,25,28). The summed E-state index contributed by atoms with van der Waals surface area (Å²) in [5.41, 5.74) is 5.41. The molecule has 0 aliphatic rings. The van der Waals surface area contributed by atoms with Gasteiger partial charge in [-0.3, -0.25) is 9.48 Å². The maximum absolute atomic E-state index is 12.7. The lowest BCUT2D eigenvalue weighted by molar-refractivity contribution is 0.102. The molecular formula is C24H29N3O2. The van der Waals surface area contributed by atoms with Gasteiger partial charge in [-0.1, -0.05) is 45.0 Å². The van der Waals surface area contributed by atoms with Crippen molar-refractivity contribution in [3.63, 3.8) is 0 Å². The highest BCUT2D eigenvalue weighted by molar-refractivity contribution is 6.05. The summed E-state index contributed by atoms with van der Waals surface area (Å²) in [5.74, 6) is 0.662. The van der Waals surface area contributed by atoms with E-state index in [-0.39, 0.29) is 11.3 Å². The van der Waals surface area contributed by atoms with Gasteiger partial charge in [-0.15, -0.1) is 0 Å². The Labute approximate surface area is 172 Å². The number of aryl methyl sites for hydroxylation is 2. The summed E-state index contributed by atoms with van der Waals surface area (Å²) in [6.07, 6.45) is 0. The lowest BCUT2D eigenvalue weighted by Crippen LogP contribution is -2.13. The Bertz CT molecular complexity index is 1010. The van der Waals surface area contributed by atoms with Gasteiger partial charge >= 0.3 is 0 Å². The molecule has 5 nitrogen and oxygen atoms in total. The van der Waals surface area contributed by atoms with Gasteiger partial charge in [0.15, 0.2) is 0 Å². The molecule has 0 radical (unpaired) electrons. The van der Waals surface area contributed by atoms with Crippen LogP contribution in [0.5, 0.6) is 5.75 Å². The minimum absolute atomic E-state index is 0.116. The number of benzene rings is 2. The Kier molecular flexibility index (Phi) is 5.78. The minimum Gasteiger partial charge on any atom is -0.489 e. The summed E-state index contributed by atoms with van der Waals surface area (Å²) in [4.78, 5) is 12.7. The molecule has 3 rings (SSSR count). The fourth-order valence-corrected chi connectivity index (χ4v) is 3.16. The predicted octanol–water partition coefficient (Wildman–Crippen LogP) is 5.17. The van der Waals surface area contributed by atoms with E-state index in [1.807, 2.05) is 51.2 Å². The van der Waals surface area contributed by atoms with Gasteiger partial charge in [-0.2, -0.15) is 5.10 Å². The van der Waals surface area contributed by atoms with Crippen LogP contribution in [0.2, 0.25) is 0 Å². The van der Waals surface area contributed by atoms with Crippen molar-refractivity contribution in [2.45, 2.75) is 46.6 Å². The van der Waals surface area contributed by atoms with Crippen LogP contribution >= 0.6 is 0 Å². The third kappa shape index (κ3) is 4.86. The molecule has 0 bridgehead atoms. The molecule has 0 atom stereocenters. The van der Waals surface area contributed by atoms with Crippen molar-refractivity contribution >= 4 is 11.6 Å². The van der Waals surface area contributed by atoms with E-state index in [1.54, 1.807) is 10.7 Å². The number of carbonyl (C=O) groups excluding carboxylic acids is 1. The first-order valence-electron chi connectivity index (χ1n) is 9.79. The molecule has 0 spiro atoms.